The Morgan fingerprint density at radius 1 is 1.24 bits per heavy atom. The first-order valence-electron chi connectivity index (χ1n) is 7.63. The van der Waals surface area contributed by atoms with Crippen LogP contribution in [0, 0.1) is 5.92 Å². The van der Waals surface area contributed by atoms with Crippen LogP contribution in [0.15, 0.2) is 28.7 Å². The van der Waals surface area contributed by atoms with Gasteiger partial charge in [-0.1, -0.05) is 48.0 Å². The third-order valence-electron chi connectivity index (χ3n) is 3.60. The third-order valence-corrected chi connectivity index (χ3v) is 6.11. The maximum absolute atomic E-state index is 11.7. The van der Waals surface area contributed by atoms with Crippen LogP contribution in [-0.4, -0.2) is 33.0 Å². The molecule has 1 aromatic carbocycles. The fraction of sp³-hybridized carbons (Fsp3) is 0.625. The number of sulfone groups is 1. The molecule has 1 unspecified atom stereocenters. The topological polar surface area (TPSA) is 46.2 Å². The van der Waals surface area contributed by atoms with E-state index in [0.29, 0.717) is 12.3 Å². The summed E-state index contributed by atoms with van der Waals surface area (Å²) in [6.07, 6.45) is 2.71. The molecule has 0 radical (unpaired) electrons. The van der Waals surface area contributed by atoms with Crippen molar-refractivity contribution in [1.29, 1.82) is 0 Å². The predicted octanol–water partition coefficient (Wildman–Crippen LogP) is 3.43. The fourth-order valence-electron chi connectivity index (χ4n) is 2.22. The van der Waals surface area contributed by atoms with Gasteiger partial charge in [-0.3, -0.25) is 0 Å². The molecule has 0 heterocycles. The molecule has 120 valence electrons. The van der Waals surface area contributed by atoms with Gasteiger partial charge in [-0.05, 0) is 49.9 Å². The van der Waals surface area contributed by atoms with E-state index in [2.05, 4.69) is 34.2 Å². The van der Waals surface area contributed by atoms with E-state index in [1.165, 1.54) is 5.56 Å². The molecule has 0 aromatic heterocycles. The van der Waals surface area contributed by atoms with E-state index in [1.807, 2.05) is 18.2 Å². The summed E-state index contributed by atoms with van der Waals surface area (Å²) in [5, 5.41) is 3.42. The van der Waals surface area contributed by atoms with Crippen molar-refractivity contribution in [3.63, 3.8) is 0 Å². The van der Waals surface area contributed by atoms with E-state index in [9.17, 15) is 8.42 Å². The number of benzene rings is 1. The van der Waals surface area contributed by atoms with Crippen LogP contribution in [0.3, 0.4) is 0 Å². The first-order valence-corrected chi connectivity index (χ1v) is 10.2. The predicted molar refractivity (Wildman–Crippen MR) is 93.4 cm³/mol. The van der Waals surface area contributed by atoms with Gasteiger partial charge >= 0.3 is 0 Å². The largest absolute Gasteiger partial charge is 0.316 e. The highest BCUT2D eigenvalue weighted by Gasteiger charge is 2.15. The molecular formula is C16H26BrNO2S. The number of nitrogens with one attached hydrogen (secondary N) is 1. The number of halogens is 1. The molecule has 0 aliphatic rings. The van der Waals surface area contributed by atoms with Crippen LogP contribution in [-0.2, 0) is 16.3 Å². The zero-order valence-corrected chi connectivity index (χ0v) is 15.3. The van der Waals surface area contributed by atoms with Crippen LogP contribution in [0.25, 0.3) is 0 Å². The van der Waals surface area contributed by atoms with Gasteiger partial charge < -0.3 is 5.32 Å². The number of hydrogen-bond acceptors (Lipinski definition) is 3. The van der Waals surface area contributed by atoms with E-state index in [1.54, 1.807) is 6.92 Å². The molecule has 1 atom stereocenters. The Kier molecular flexibility index (Phi) is 8.52. The average Bonchev–Trinajstić information content (AvgIpc) is 2.47. The van der Waals surface area contributed by atoms with Crippen LogP contribution < -0.4 is 5.32 Å². The Balaban J connectivity index is 2.65. The first-order chi connectivity index (χ1) is 9.98. The van der Waals surface area contributed by atoms with E-state index in [4.69, 9.17) is 0 Å². The van der Waals surface area contributed by atoms with E-state index < -0.39 is 9.84 Å². The molecule has 0 aliphatic carbocycles. The van der Waals surface area contributed by atoms with Gasteiger partial charge in [-0.15, -0.1) is 0 Å². The Bertz CT molecular complexity index is 517. The molecule has 0 saturated heterocycles. The average molecular weight is 376 g/mol. The molecular weight excluding hydrogens is 350 g/mol. The van der Waals surface area contributed by atoms with Gasteiger partial charge in [0.15, 0.2) is 0 Å². The minimum Gasteiger partial charge on any atom is -0.316 e. The molecule has 21 heavy (non-hydrogen) atoms. The Morgan fingerprint density at radius 2 is 1.95 bits per heavy atom. The van der Waals surface area contributed by atoms with Gasteiger partial charge in [0.25, 0.3) is 0 Å². The van der Waals surface area contributed by atoms with Gasteiger partial charge in [-0.25, -0.2) is 8.42 Å². The summed E-state index contributed by atoms with van der Waals surface area (Å²) >= 11 is 3.57. The monoisotopic (exact) mass is 375 g/mol. The van der Waals surface area contributed by atoms with Gasteiger partial charge in [0.1, 0.15) is 9.84 Å². The normalized spacial score (nSPS) is 13.3. The Labute approximate surface area is 137 Å². The minimum absolute atomic E-state index is 0.233. The van der Waals surface area contributed by atoms with Crippen LogP contribution in [0.2, 0.25) is 0 Å². The molecule has 1 aromatic rings. The van der Waals surface area contributed by atoms with Crippen LogP contribution in [0.1, 0.15) is 32.3 Å². The van der Waals surface area contributed by atoms with Crippen molar-refractivity contribution in [3.05, 3.63) is 34.3 Å². The molecule has 1 N–H and O–H groups in total. The van der Waals surface area contributed by atoms with Crippen LogP contribution in [0.4, 0.5) is 0 Å². The van der Waals surface area contributed by atoms with E-state index in [0.717, 1.165) is 30.4 Å². The highest BCUT2D eigenvalue weighted by atomic mass is 79.9. The van der Waals surface area contributed by atoms with Gasteiger partial charge in [0, 0.05) is 10.2 Å². The lowest BCUT2D eigenvalue weighted by atomic mass is 9.97. The second-order valence-electron chi connectivity index (χ2n) is 5.39. The highest BCUT2D eigenvalue weighted by molar-refractivity contribution is 9.10. The second kappa shape index (κ2) is 9.59. The van der Waals surface area contributed by atoms with Gasteiger partial charge in [0.2, 0.25) is 0 Å². The number of hydrogen-bond donors (Lipinski definition) is 1. The van der Waals surface area contributed by atoms with Crippen LogP contribution in [0.5, 0.6) is 0 Å². The minimum atomic E-state index is -2.89. The molecule has 0 amide bonds. The summed E-state index contributed by atoms with van der Waals surface area (Å²) < 4.78 is 24.5. The van der Waals surface area contributed by atoms with Crippen molar-refractivity contribution >= 4 is 25.8 Å². The van der Waals surface area contributed by atoms with E-state index in [-0.39, 0.29) is 11.5 Å². The molecule has 0 fully saturated rings. The van der Waals surface area contributed by atoms with Crippen molar-refractivity contribution in [2.45, 2.75) is 33.1 Å². The first kappa shape index (κ1) is 18.7. The summed E-state index contributed by atoms with van der Waals surface area (Å²) in [5.74, 6) is 0.861. The molecule has 5 heteroatoms. The van der Waals surface area contributed by atoms with Crippen LogP contribution >= 0.6 is 15.9 Å². The standard InChI is InChI=1S/C16H26BrNO2S/c1-3-10-18-13-14(9-11-21(19,20)4-2)12-15-7-5-6-8-16(15)17/h5-8,14,18H,3-4,9-13H2,1-2H3. The Morgan fingerprint density at radius 3 is 2.57 bits per heavy atom. The molecule has 1 rings (SSSR count). The molecule has 3 nitrogen and oxygen atoms in total. The summed E-state index contributed by atoms with van der Waals surface area (Å²) in [4.78, 5) is 0. The third kappa shape index (κ3) is 7.43. The second-order valence-corrected chi connectivity index (χ2v) is 8.72. The molecule has 0 aliphatic heterocycles. The zero-order chi connectivity index (χ0) is 15.7. The van der Waals surface area contributed by atoms with Crippen molar-refractivity contribution in [1.82, 2.24) is 5.32 Å². The van der Waals surface area contributed by atoms with Gasteiger partial charge in [-0.2, -0.15) is 0 Å². The molecule has 0 bridgehead atoms. The van der Waals surface area contributed by atoms with Crippen molar-refractivity contribution in [3.8, 4) is 0 Å². The summed E-state index contributed by atoms with van der Waals surface area (Å²) in [6.45, 7) is 5.70. The summed E-state index contributed by atoms with van der Waals surface area (Å²) in [7, 11) is -2.89. The maximum Gasteiger partial charge on any atom is 0.150 e. The van der Waals surface area contributed by atoms with Gasteiger partial charge in [0.05, 0.1) is 5.75 Å². The highest BCUT2D eigenvalue weighted by Crippen LogP contribution is 2.21. The lowest BCUT2D eigenvalue weighted by Gasteiger charge is -2.18. The van der Waals surface area contributed by atoms with Crippen molar-refractivity contribution in [2.75, 3.05) is 24.6 Å². The smallest absolute Gasteiger partial charge is 0.150 e. The quantitative estimate of drug-likeness (QED) is 0.637. The zero-order valence-electron chi connectivity index (χ0n) is 12.9. The van der Waals surface area contributed by atoms with E-state index >= 15 is 0 Å². The SMILES string of the molecule is CCCNCC(CCS(=O)(=O)CC)Cc1ccccc1Br. The summed E-state index contributed by atoms with van der Waals surface area (Å²) in [5.41, 5.74) is 1.25. The van der Waals surface area contributed by atoms with Crippen molar-refractivity contribution < 1.29 is 8.42 Å². The fourth-order valence-corrected chi connectivity index (χ4v) is 3.65. The maximum atomic E-state index is 11.7. The molecule has 0 saturated carbocycles. The van der Waals surface area contributed by atoms with Crippen molar-refractivity contribution in [2.24, 2.45) is 5.92 Å². The lowest BCUT2D eigenvalue weighted by molar-refractivity contribution is 0.458. The molecule has 0 spiro atoms. The summed E-state index contributed by atoms with van der Waals surface area (Å²) in [6, 6.07) is 8.17. The number of rotatable bonds is 10. The lowest BCUT2D eigenvalue weighted by Crippen LogP contribution is -2.27. The Hall–Kier alpha value is -0.390.